The average molecular weight is 527 g/mol. The van der Waals surface area contributed by atoms with Gasteiger partial charge in [-0.25, -0.2) is 0 Å². The van der Waals surface area contributed by atoms with Gasteiger partial charge in [0, 0.05) is 41.4 Å². The number of pyridine rings is 1. The van der Waals surface area contributed by atoms with Gasteiger partial charge >= 0.3 is 6.18 Å². The van der Waals surface area contributed by atoms with Gasteiger partial charge in [-0.3, -0.25) is 9.98 Å². The number of benzene rings is 2. The summed E-state index contributed by atoms with van der Waals surface area (Å²) >= 11 is 6.39. The second-order valence-corrected chi connectivity index (χ2v) is 9.83. The minimum Gasteiger partial charge on any atom is -0.384 e. The Morgan fingerprint density at radius 3 is 2.51 bits per heavy atom. The fourth-order valence-corrected chi connectivity index (χ4v) is 4.83. The standard InChI is InChI=1S/C30H30ClF3N2O/c1-20-8-11-28(23-6-4-13-35-19-23)36-29(27-18-25(31)9-10-26(20)27)7-3-5-21-15-22(12-14-37-2)17-24(16-21)30(32,33)34/h4,6,9-11,13,15-20H,3,5,7-8,12,14H2,1-2H3. The fourth-order valence-electron chi connectivity index (χ4n) is 4.66. The van der Waals surface area contributed by atoms with Gasteiger partial charge in [-0.05, 0) is 91.1 Å². The Labute approximate surface area is 221 Å². The van der Waals surface area contributed by atoms with Gasteiger partial charge in [0.05, 0.1) is 17.9 Å². The lowest BCUT2D eigenvalue weighted by molar-refractivity contribution is -0.137. The van der Waals surface area contributed by atoms with Gasteiger partial charge in [0.1, 0.15) is 0 Å². The molecular formula is C30H30ClF3N2O. The van der Waals surface area contributed by atoms with Crippen molar-refractivity contribution >= 4 is 23.0 Å². The summed E-state index contributed by atoms with van der Waals surface area (Å²) in [6.07, 6.45) is 4.26. The van der Waals surface area contributed by atoms with Gasteiger partial charge in [0.25, 0.3) is 0 Å². The Morgan fingerprint density at radius 2 is 1.81 bits per heavy atom. The Morgan fingerprint density at radius 1 is 1.03 bits per heavy atom. The van der Waals surface area contributed by atoms with Gasteiger partial charge in [-0.1, -0.05) is 36.7 Å². The van der Waals surface area contributed by atoms with Crippen LogP contribution in [0.3, 0.4) is 0 Å². The highest BCUT2D eigenvalue weighted by Crippen LogP contribution is 2.34. The van der Waals surface area contributed by atoms with Crippen LogP contribution in [-0.4, -0.2) is 24.4 Å². The van der Waals surface area contributed by atoms with Crippen molar-refractivity contribution < 1.29 is 17.9 Å². The molecule has 2 heterocycles. The highest BCUT2D eigenvalue weighted by Gasteiger charge is 2.31. The molecule has 1 aliphatic heterocycles. The number of hydrogen-bond donors (Lipinski definition) is 0. The molecule has 0 amide bonds. The van der Waals surface area contributed by atoms with Gasteiger partial charge in [0.15, 0.2) is 0 Å². The predicted molar refractivity (Wildman–Crippen MR) is 143 cm³/mol. The number of allylic oxidation sites excluding steroid dienone is 1. The van der Waals surface area contributed by atoms with Gasteiger partial charge in [0.2, 0.25) is 0 Å². The van der Waals surface area contributed by atoms with Crippen LogP contribution < -0.4 is 0 Å². The molecule has 0 saturated carbocycles. The summed E-state index contributed by atoms with van der Waals surface area (Å²) in [5.74, 6) is 0.260. The van der Waals surface area contributed by atoms with Gasteiger partial charge in [-0.15, -0.1) is 0 Å². The summed E-state index contributed by atoms with van der Waals surface area (Å²) in [4.78, 5) is 9.30. The van der Waals surface area contributed by atoms with E-state index in [2.05, 4.69) is 24.1 Å². The monoisotopic (exact) mass is 526 g/mol. The van der Waals surface area contributed by atoms with Crippen LogP contribution in [0.1, 0.15) is 65.5 Å². The molecule has 0 aliphatic carbocycles. The Kier molecular flexibility index (Phi) is 8.83. The number of halogens is 4. The minimum atomic E-state index is -4.39. The molecule has 1 unspecified atom stereocenters. The molecule has 0 spiro atoms. The van der Waals surface area contributed by atoms with Crippen molar-refractivity contribution in [3.05, 3.63) is 105 Å². The maximum atomic E-state index is 13.5. The first kappa shape index (κ1) is 27.1. The molecule has 2 aromatic carbocycles. The largest absolute Gasteiger partial charge is 0.416 e. The highest BCUT2D eigenvalue weighted by molar-refractivity contribution is 6.31. The number of rotatable bonds is 8. The van der Waals surface area contributed by atoms with E-state index in [0.29, 0.717) is 48.4 Å². The second kappa shape index (κ2) is 12.1. The lowest BCUT2D eigenvalue weighted by atomic mass is 9.87. The molecule has 0 fully saturated rings. The zero-order chi connectivity index (χ0) is 26.4. The van der Waals surface area contributed by atoms with Gasteiger partial charge < -0.3 is 4.74 Å². The lowest BCUT2D eigenvalue weighted by Crippen LogP contribution is -2.11. The lowest BCUT2D eigenvalue weighted by Gasteiger charge is -2.21. The van der Waals surface area contributed by atoms with E-state index in [0.717, 1.165) is 29.0 Å². The second-order valence-electron chi connectivity index (χ2n) is 9.39. The summed E-state index contributed by atoms with van der Waals surface area (Å²) in [7, 11) is 1.55. The number of alkyl halides is 3. The van der Waals surface area contributed by atoms with E-state index in [1.165, 1.54) is 17.7 Å². The minimum absolute atomic E-state index is 0.260. The van der Waals surface area contributed by atoms with E-state index < -0.39 is 11.7 Å². The van der Waals surface area contributed by atoms with Crippen molar-refractivity contribution in [3.63, 3.8) is 0 Å². The first-order valence-electron chi connectivity index (χ1n) is 12.4. The number of nitrogens with zero attached hydrogens (tertiary/aromatic N) is 2. The van der Waals surface area contributed by atoms with Crippen LogP contribution in [0.2, 0.25) is 5.02 Å². The summed E-state index contributed by atoms with van der Waals surface area (Å²) < 4.78 is 45.7. The van der Waals surface area contributed by atoms with E-state index in [4.69, 9.17) is 21.3 Å². The molecule has 0 N–H and O–H groups in total. The fraction of sp³-hybridized carbons (Fsp3) is 0.333. The summed E-state index contributed by atoms with van der Waals surface area (Å²) in [5, 5.41) is 0.631. The third-order valence-electron chi connectivity index (χ3n) is 6.59. The van der Waals surface area contributed by atoms with Crippen molar-refractivity contribution in [1.29, 1.82) is 0 Å². The highest BCUT2D eigenvalue weighted by atomic mass is 35.5. The first-order chi connectivity index (χ1) is 17.7. The molecule has 194 valence electrons. The van der Waals surface area contributed by atoms with Crippen LogP contribution >= 0.6 is 11.6 Å². The predicted octanol–water partition coefficient (Wildman–Crippen LogP) is 8.30. The molecule has 0 saturated heterocycles. The topological polar surface area (TPSA) is 34.5 Å². The normalized spacial score (nSPS) is 15.9. The Hall–Kier alpha value is -2.96. The SMILES string of the molecule is COCCc1cc(CCCC2=NC(c3cccnc3)=CCC(C)c3ccc(Cl)cc32)cc(C(F)(F)F)c1. The molecule has 3 nitrogen and oxygen atoms in total. The number of fused-ring (bicyclic) bond motifs is 1. The van der Waals surface area contributed by atoms with Gasteiger partial charge in [-0.2, -0.15) is 13.2 Å². The van der Waals surface area contributed by atoms with E-state index in [1.54, 1.807) is 19.5 Å². The van der Waals surface area contributed by atoms with Crippen molar-refractivity contribution in [3.8, 4) is 0 Å². The molecular weight excluding hydrogens is 497 g/mol. The zero-order valence-electron chi connectivity index (χ0n) is 21.0. The number of aliphatic imine (C=N–C) groups is 1. The van der Waals surface area contributed by atoms with Crippen molar-refractivity contribution in [2.24, 2.45) is 4.99 Å². The molecule has 1 aliphatic rings. The zero-order valence-corrected chi connectivity index (χ0v) is 21.7. The number of methoxy groups -OCH3 is 1. The van der Waals surface area contributed by atoms with E-state index >= 15 is 0 Å². The van der Waals surface area contributed by atoms with Crippen LogP contribution in [-0.2, 0) is 23.8 Å². The summed E-state index contributed by atoms with van der Waals surface area (Å²) in [6.45, 7) is 2.55. The maximum absolute atomic E-state index is 13.5. The molecule has 1 atom stereocenters. The average Bonchev–Trinajstić information content (AvgIpc) is 2.87. The Bertz CT molecular complexity index is 1290. The molecule has 4 rings (SSSR count). The van der Waals surface area contributed by atoms with Crippen LogP contribution in [0.4, 0.5) is 13.2 Å². The molecule has 7 heteroatoms. The number of aryl methyl sites for hydroxylation is 1. The Balaban J connectivity index is 1.64. The van der Waals surface area contributed by atoms with Crippen LogP contribution in [0, 0.1) is 0 Å². The number of aromatic nitrogens is 1. The first-order valence-corrected chi connectivity index (χ1v) is 12.8. The molecule has 0 bridgehead atoms. The van der Waals surface area contributed by atoms with Crippen molar-refractivity contribution in [1.82, 2.24) is 4.98 Å². The van der Waals surface area contributed by atoms with E-state index in [9.17, 15) is 13.2 Å². The van der Waals surface area contributed by atoms with Crippen LogP contribution in [0.5, 0.6) is 0 Å². The van der Waals surface area contributed by atoms with Crippen molar-refractivity contribution in [2.75, 3.05) is 13.7 Å². The summed E-state index contributed by atoms with van der Waals surface area (Å²) in [5.41, 5.74) is 5.50. The van der Waals surface area contributed by atoms with E-state index in [1.807, 2.05) is 30.3 Å². The van der Waals surface area contributed by atoms with Crippen LogP contribution in [0.25, 0.3) is 5.70 Å². The third-order valence-corrected chi connectivity index (χ3v) is 6.82. The molecule has 0 radical (unpaired) electrons. The molecule has 3 aromatic rings. The number of ether oxygens (including phenoxy) is 1. The van der Waals surface area contributed by atoms with Crippen LogP contribution in [0.15, 0.2) is 72.0 Å². The molecule has 37 heavy (non-hydrogen) atoms. The smallest absolute Gasteiger partial charge is 0.384 e. The van der Waals surface area contributed by atoms with E-state index in [-0.39, 0.29) is 5.92 Å². The summed E-state index contributed by atoms with van der Waals surface area (Å²) in [6, 6.07) is 14.1. The maximum Gasteiger partial charge on any atom is 0.416 e. The number of hydrogen-bond acceptors (Lipinski definition) is 3. The molecule has 1 aromatic heterocycles. The third kappa shape index (κ3) is 7.08. The quantitative estimate of drug-likeness (QED) is 0.296. The van der Waals surface area contributed by atoms with Crippen molar-refractivity contribution in [2.45, 2.75) is 51.1 Å².